The fourth-order valence-corrected chi connectivity index (χ4v) is 9.17. The summed E-state index contributed by atoms with van der Waals surface area (Å²) in [5, 5.41) is 11.8. The van der Waals surface area contributed by atoms with Crippen LogP contribution in [-0.4, -0.2) is 82.3 Å². The summed E-state index contributed by atoms with van der Waals surface area (Å²) in [6.45, 7) is 4.65. The second-order valence-electron chi connectivity index (χ2n) is 23.0. The van der Waals surface area contributed by atoms with E-state index in [1.807, 2.05) is 21.1 Å². The summed E-state index contributed by atoms with van der Waals surface area (Å²) < 4.78 is 22.7. The molecule has 0 aliphatic heterocycles. The molecular formula is C70H123NO8. The van der Waals surface area contributed by atoms with Gasteiger partial charge < -0.3 is 33.3 Å². The number of nitrogens with zero attached hydrogens (tertiary/aromatic N) is 1. The van der Waals surface area contributed by atoms with Crippen LogP contribution in [0.15, 0.2) is 85.1 Å². The molecule has 0 aromatic carbocycles. The number of esters is 2. The Morgan fingerprint density at radius 3 is 1.08 bits per heavy atom. The maximum atomic E-state index is 12.9. The number of ether oxygens (including phenoxy) is 4. The van der Waals surface area contributed by atoms with E-state index in [0.717, 1.165) is 77.0 Å². The Morgan fingerprint density at radius 1 is 0.392 bits per heavy atom. The molecule has 0 saturated carbocycles. The van der Waals surface area contributed by atoms with Crippen molar-refractivity contribution in [2.75, 3.05) is 47.5 Å². The molecule has 0 radical (unpaired) electrons. The van der Waals surface area contributed by atoms with Crippen molar-refractivity contribution in [2.45, 2.75) is 296 Å². The van der Waals surface area contributed by atoms with Crippen molar-refractivity contribution in [3.05, 3.63) is 85.1 Å². The van der Waals surface area contributed by atoms with Crippen LogP contribution in [0.3, 0.4) is 0 Å². The quantitative estimate of drug-likeness (QED) is 0.0195. The maximum absolute atomic E-state index is 12.9. The number of carboxylic acids is 1. The van der Waals surface area contributed by atoms with Gasteiger partial charge in [0.2, 0.25) is 0 Å². The Bertz CT molecular complexity index is 1570. The van der Waals surface area contributed by atoms with Gasteiger partial charge in [0, 0.05) is 12.8 Å². The molecule has 0 aliphatic rings. The number of likely N-dealkylation sites (N-methyl/N-ethyl adjacent to an activating group) is 1. The molecule has 456 valence electrons. The molecule has 0 heterocycles. The van der Waals surface area contributed by atoms with Crippen LogP contribution in [0.1, 0.15) is 284 Å². The van der Waals surface area contributed by atoms with Crippen molar-refractivity contribution in [3.8, 4) is 0 Å². The van der Waals surface area contributed by atoms with Gasteiger partial charge in [-0.25, -0.2) is 0 Å². The zero-order valence-electron chi connectivity index (χ0n) is 52.0. The molecule has 0 saturated heterocycles. The molecule has 9 nitrogen and oxygen atoms in total. The average Bonchev–Trinajstić information content (AvgIpc) is 3.42. The van der Waals surface area contributed by atoms with Crippen molar-refractivity contribution in [2.24, 2.45) is 0 Å². The van der Waals surface area contributed by atoms with E-state index < -0.39 is 24.3 Å². The highest BCUT2D eigenvalue weighted by molar-refractivity contribution is 5.70. The average molecular weight is 1110 g/mol. The number of quaternary nitrogens is 1. The number of rotatable bonds is 60. The van der Waals surface area contributed by atoms with E-state index in [2.05, 4.69) is 98.9 Å². The highest BCUT2D eigenvalue weighted by Crippen LogP contribution is 2.17. The van der Waals surface area contributed by atoms with Gasteiger partial charge in [0.05, 0.1) is 40.3 Å². The SMILES string of the molecule is CC/C=C\C/C=C\C/C=C\C/C=C\C/C=C\C/C=C\C/C=C\CCCCCCCCCCCCCCCCCCCCCC(=O)OC(COC(=O)CCCCCCCCCCCCCCC)COC(OCC[N+](C)(C)C)C(=O)[O-]. The number of allylic oxidation sites excluding steroid dienone is 14. The summed E-state index contributed by atoms with van der Waals surface area (Å²) in [6, 6.07) is 0. The first-order valence-electron chi connectivity index (χ1n) is 32.7. The maximum Gasteiger partial charge on any atom is 0.306 e. The molecular weight excluding hydrogens is 983 g/mol. The molecule has 79 heavy (non-hydrogen) atoms. The van der Waals surface area contributed by atoms with Crippen molar-refractivity contribution in [1.82, 2.24) is 0 Å². The monoisotopic (exact) mass is 1110 g/mol. The molecule has 0 spiro atoms. The standard InChI is InChI=1S/C70H123NO8/c1-6-8-10-12-14-16-18-20-21-22-23-24-25-26-27-28-29-30-31-32-33-34-35-36-37-38-39-40-41-42-43-44-45-46-47-49-51-53-55-57-59-61-68(73)79-66(65-78-70(69(74)75)76-63-62-71(3,4)5)64-77-67(72)60-58-56-54-52-50-48-19-17-15-13-11-9-7-2/h8,10,14,16,20-21,23-24,26-27,29-30,32-33,66,70H,6-7,9,11-13,15,17-19,22,25,28,31,34-65H2,1-5H3/b10-8-,16-14-,21-20-,24-23-,27-26-,30-29-,33-32-. The molecule has 0 N–H and O–H groups in total. The predicted octanol–water partition coefficient (Wildman–Crippen LogP) is 18.6. The summed E-state index contributed by atoms with van der Waals surface area (Å²) in [5.41, 5.74) is 0. The number of hydrogen-bond donors (Lipinski definition) is 0. The van der Waals surface area contributed by atoms with Crippen LogP contribution in [0.4, 0.5) is 0 Å². The van der Waals surface area contributed by atoms with E-state index in [0.29, 0.717) is 23.9 Å². The van der Waals surface area contributed by atoms with Gasteiger partial charge in [-0.3, -0.25) is 9.59 Å². The van der Waals surface area contributed by atoms with Gasteiger partial charge >= 0.3 is 11.9 Å². The zero-order chi connectivity index (χ0) is 57.6. The number of hydrogen-bond acceptors (Lipinski definition) is 8. The third-order valence-electron chi connectivity index (χ3n) is 14.2. The summed E-state index contributed by atoms with van der Waals surface area (Å²) in [6.07, 6.45) is 78.1. The van der Waals surface area contributed by atoms with Gasteiger partial charge in [-0.2, -0.15) is 0 Å². The largest absolute Gasteiger partial charge is 0.545 e. The predicted molar refractivity (Wildman–Crippen MR) is 334 cm³/mol. The van der Waals surface area contributed by atoms with E-state index in [1.165, 1.54) is 173 Å². The number of carbonyl (C=O) groups is 3. The first-order valence-corrected chi connectivity index (χ1v) is 32.7. The van der Waals surface area contributed by atoms with Crippen LogP contribution in [-0.2, 0) is 33.3 Å². The van der Waals surface area contributed by atoms with E-state index in [1.54, 1.807) is 0 Å². The van der Waals surface area contributed by atoms with E-state index >= 15 is 0 Å². The highest BCUT2D eigenvalue weighted by atomic mass is 16.7. The zero-order valence-corrected chi connectivity index (χ0v) is 52.0. The minimum absolute atomic E-state index is 0.148. The van der Waals surface area contributed by atoms with E-state index in [-0.39, 0.29) is 32.2 Å². The van der Waals surface area contributed by atoms with Gasteiger partial charge in [0.25, 0.3) is 0 Å². The Balaban J connectivity index is 3.97. The summed E-state index contributed by atoms with van der Waals surface area (Å²) in [4.78, 5) is 37.3. The number of unbranched alkanes of at least 4 members (excludes halogenated alkanes) is 31. The lowest BCUT2D eigenvalue weighted by molar-refractivity contribution is -0.870. The van der Waals surface area contributed by atoms with Crippen LogP contribution in [0.25, 0.3) is 0 Å². The molecule has 0 rings (SSSR count). The molecule has 9 heteroatoms. The van der Waals surface area contributed by atoms with Crippen LogP contribution in [0.2, 0.25) is 0 Å². The van der Waals surface area contributed by atoms with Gasteiger partial charge in [-0.05, 0) is 70.6 Å². The van der Waals surface area contributed by atoms with Gasteiger partial charge in [-0.15, -0.1) is 0 Å². The Kier molecular flexibility index (Phi) is 57.9. The lowest BCUT2D eigenvalue weighted by Gasteiger charge is -2.26. The van der Waals surface area contributed by atoms with E-state index in [9.17, 15) is 19.5 Å². The lowest BCUT2D eigenvalue weighted by Crippen LogP contribution is -2.44. The number of aliphatic carboxylic acids is 1. The van der Waals surface area contributed by atoms with Crippen molar-refractivity contribution in [3.63, 3.8) is 0 Å². The molecule has 2 unspecified atom stereocenters. The number of carboxylic acid groups (broad SMARTS) is 1. The minimum atomic E-state index is -1.62. The summed E-state index contributed by atoms with van der Waals surface area (Å²) in [5.74, 6) is -2.27. The molecule has 0 bridgehead atoms. The van der Waals surface area contributed by atoms with Gasteiger partial charge in [0.1, 0.15) is 13.2 Å². The highest BCUT2D eigenvalue weighted by Gasteiger charge is 2.22. The second-order valence-corrected chi connectivity index (χ2v) is 23.0. The first-order chi connectivity index (χ1) is 38.6. The Morgan fingerprint density at radius 2 is 0.722 bits per heavy atom. The third-order valence-corrected chi connectivity index (χ3v) is 14.2. The second kappa shape index (κ2) is 60.6. The Labute approximate surface area is 487 Å². The fraction of sp³-hybridized carbons (Fsp3) is 0.757. The van der Waals surface area contributed by atoms with Crippen LogP contribution in [0, 0.1) is 0 Å². The van der Waals surface area contributed by atoms with Crippen LogP contribution >= 0.6 is 0 Å². The first kappa shape index (κ1) is 75.5. The molecule has 2 atom stereocenters. The smallest absolute Gasteiger partial charge is 0.306 e. The molecule has 0 fully saturated rings. The fourth-order valence-electron chi connectivity index (χ4n) is 9.17. The Hall–Kier alpha value is -3.53. The topological polar surface area (TPSA) is 111 Å². The van der Waals surface area contributed by atoms with E-state index in [4.69, 9.17) is 18.9 Å². The van der Waals surface area contributed by atoms with Gasteiger partial charge in [-0.1, -0.05) is 285 Å². The molecule has 0 amide bonds. The van der Waals surface area contributed by atoms with Gasteiger partial charge in [0.15, 0.2) is 12.4 Å². The van der Waals surface area contributed by atoms with Crippen LogP contribution in [0.5, 0.6) is 0 Å². The molecule has 0 aromatic rings. The summed E-state index contributed by atoms with van der Waals surface area (Å²) in [7, 11) is 5.93. The molecule has 0 aliphatic carbocycles. The minimum Gasteiger partial charge on any atom is -0.545 e. The molecule has 0 aromatic heterocycles. The lowest BCUT2D eigenvalue weighted by atomic mass is 10.0. The van der Waals surface area contributed by atoms with Crippen LogP contribution < -0.4 is 5.11 Å². The van der Waals surface area contributed by atoms with Crippen molar-refractivity contribution < 1.29 is 42.9 Å². The summed E-state index contributed by atoms with van der Waals surface area (Å²) >= 11 is 0. The van der Waals surface area contributed by atoms with Crippen molar-refractivity contribution >= 4 is 17.9 Å². The normalized spacial score (nSPS) is 13.3. The third kappa shape index (κ3) is 61.9. The number of carbonyl (C=O) groups excluding carboxylic acids is 3. The van der Waals surface area contributed by atoms with Crippen molar-refractivity contribution in [1.29, 1.82) is 0 Å².